The summed E-state index contributed by atoms with van der Waals surface area (Å²) in [6.07, 6.45) is 3.58. The maximum Gasteiger partial charge on any atom is 0.267 e. The summed E-state index contributed by atoms with van der Waals surface area (Å²) in [6, 6.07) is 7.45. The lowest BCUT2D eigenvalue weighted by Gasteiger charge is -2.23. The van der Waals surface area contributed by atoms with Gasteiger partial charge in [-0.25, -0.2) is 4.98 Å². The van der Waals surface area contributed by atoms with Gasteiger partial charge in [0.05, 0.1) is 12.1 Å². The van der Waals surface area contributed by atoms with Crippen LogP contribution in [0.5, 0.6) is 0 Å². The third-order valence-electron chi connectivity index (χ3n) is 5.38. The van der Waals surface area contributed by atoms with E-state index >= 15 is 0 Å². The molecule has 4 rings (SSSR count). The molecular weight excluding hydrogens is 356 g/mol. The Morgan fingerprint density at radius 1 is 1.14 bits per heavy atom. The van der Waals surface area contributed by atoms with Crippen LogP contribution in [0.2, 0.25) is 0 Å². The molecule has 144 valence electrons. The van der Waals surface area contributed by atoms with Gasteiger partial charge in [0.1, 0.15) is 5.69 Å². The van der Waals surface area contributed by atoms with Crippen molar-refractivity contribution >= 4 is 34.2 Å². The molecule has 0 unspecified atom stereocenters. The van der Waals surface area contributed by atoms with Crippen molar-refractivity contribution in [3.8, 4) is 0 Å². The van der Waals surface area contributed by atoms with Crippen LogP contribution in [0.25, 0.3) is 16.5 Å². The molecule has 7 nitrogen and oxygen atoms in total. The Morgan fingerprint density at radius 2 is 1.89 bits per heavy atom. The molecule has 7 heteroatoms. The number of hydrogen-bond donors (Lipinski definition) is 1. The van der Waals surface area contributed by atoms with Gasteiger partial charge in [-0.05, 0) is 42.3 Å². The van der Waals surface area contributed by atoms with E-state index in [4.69, 9.17) is 5.73 Å². The van der Waals surface area contributed by atoms with E-state index in [1.54, 1.807) is 6.07 Å². The molecule has 0 aliphatic carbocycles. The van der Waals surface area contributed by atoms with E-state index in [0.29, 0.717) is 5.52 Å². The van der Waals surface area contributed by atoms with E-state index in [9.17, 15) is 14.4 Å². The number of primary amides is 1. The second kappa shape index (κ2) is 7.16. The fraction of sp³-hybridized carbons (Fsp3) is 0.333. The Hall–Kier alpha value is -3.06. The first kappa shape index (κ1) is 18.3. The van der Waals surface area contributed by atoms with Gasteiger partial charge in [-0.2, -0.15) is 0 Å². The van der Waals surface area contributed by atoms with Gasteiger partial charge >= 0.3 is 0 Å². The lowest BCUT2D eigenvalue weighted by molar-refractivity contribution is -0.139. The molecule has 0 radical (unpaired) electrons. The largest absolute Gasteiger partial charge is 0.364 e. The number of carbonyl (C=O) groups excluding carboxylic acids is 3. The molecule has 2 N–H and O–H groups in total. The van der Waals surface area contributed by atoms with Crippen molar-refractivity contribution in [3.63, 3.8) is 0 Å². The van der Waals surface area contributed by atoms with Gasteiger partial charge in [-0.3, -0.25) is 19.3 Å². The Labute approximate surface area is 162 Å². The molecule has 2 aliphatic heterocycles. The number of amides is 3. The van der Waals surface area contributed by atoms with Crippen LogP contribution in [-0.2, 0) is 16.1 Å². The molecule has 0 bridgehead atoms. The Balaban J connectivity index is 1.77. The average molecular weight is 378 g/mol. The Kier molecular flexibility index (Phi) is 4.68. The zero-order chi connectivity index (χ0) is 19.8. The zero-order valence-corrected chi connectivity index (χ0v) is 15.8. The van der Waals surface area contributed by atoms with Crippen LogP contribution >= 0.6 is 0 Å². The van der Waals surface area contributed by atoms with Gasteiger partial charge in [0.25, 0.3) is 5.91 Å². The number of likely N-dealkylation sites (N-methyl/N-ethyl adjacent to an activating group) is 1. The van der Waals surface area contributed by atoms with E-state index in [2.05, 4.69) is 23.0 Å². The highest BCUT2D eigenvalue weighted by molar-refractivity contribution is 6.02. The standard InChI is InChI=1S/C21H22N4O3/c1-24-8-6-14(7-9-24)16-11-18(21(22)28)23-17-10-13(2-3-15(16)17)12-25-19(26)4-5-20(25)27/h2-3,6,10-11H,4-5,7-9,12H2,1H3,(H2,22,28). The van der Waals surface area contributed by atoms with Gasteiger partial charge in [0.15, 0.2) is 0 Å². The molecule has 3 amide bonds. The first-order valence-corrected chi connectivity index (χ1v) is 9.37. The molecule has 28 heavy (non-hydrogen) atoms. The monoisotopic (exact) mass is 378 g/mol. The van der Waals surface area contributed by atoms with Crippen molar-refractivity contribution in [2.24, 2.45) is 5.73 Å². The molecule has 1 aromatic heterocycles. The number of imide groups is 1. The molecule has 2 aliphatic rings. The van der Waals surface area contributed by atoms with Crippen LogP contribution in [0.4, 0.5) is 0 Å². The summed E-state index contributed by atoms with van der Waals surface area (Å²) in [5.41, 5.74) is 9.30. The maximum atomic E-state index is 11.9. The number of benzene rings is 1. The van der Waals surface area contributed by atoms with Crippen LogP contribution in [-0.4, -0.2) is 52.6 Å². The SMILES string of the molecule is CN1CC=C(c2cc(C(N)=O)nc3cc(CN4C(=O)CCC4=O)ccc23)CC1. The molecule has 1 saturated heterocycles. The van der Waals surface area contributed by atoms with Crippen molar-refractivity contribution in [1.29, 1.82) is 0 Å². The van der Waals surface area contributed by atoms with Crippen LogP contribution in [0.1, 0.15) is 40.9 Å². The van der Waals surface area contributed by atoms with Gasteiger partial charge in [0.2, 0.25) is 11.8 Å². The third-order valence-corrected chi connectivity index (χ3v) is 5.38. The number of rotatable bonds is 4. The smallest absolute Gasteiger partial charge is 0.267 e. The fourth-order valence-corrected chi connectivity index (χ4v) is 3.76. The van der Waals surface area contributed by atoms with Crippen molar-refractivity contribution in [2.45, 2.75) is 25.8 Å². The van der Waals surface area contributed by atoms with Crippen LogP contribution in [0.3, 0.4) is 0 Å². The van der Waals surface area contributed by atoms with Crippen molar-refractivity contribution in [2.75, 3.05) is 20.1 Å². The molecule has 2 aromatic rings. The zero-order valence-electron chi connectivity index (χ0n) is 15.8. The van der Waals surface area contributed by atoms with Crippen molar-refractivity contribution in [3.05, 3.63) is 47.2 Å². The Morgan fingerprint density at radius 3 is 2.54 bits per heavy atom. The maximum absolute atomic E-state index is 11.9. The van der Waals surface area contributed by atoms with E-state index in [0.717, 1.165) is 36.0 Å². The molecular formula is C21H22N4O3. The quantitative estimate of drug-likeness (QED) is 0.817. The normalized spacial score (nSPS) is 18.0. The highest BCUT2D eigenvalue weighted by Gasteiger charge is 2.28. The summed E-state index contributed by atoms with van der Waals surface area (Å²) >= 11 is 0. The van der Waals surface area contributed by atoms with Crippen LogP contribution in [0.15, 0.2) is 30.3 Å². The summed E-state index contributed by atoms with van der Waals surface area (Å²) in [6.45, 7) is 2.01. The van der Waals surface area contributed by atoms with E-state index in [1.807, 2.05) is 18.2 Å². The molecule has 1 fully saturated rings. The third kappa shape index (κ3) is 3.41. The predicted octanol–water partition coefficient (Wildman–Crippen LogP) is 1.70. The molecule has 3 heterocycles. The first-order valence-electron chi connectivity index (χ1n) is 9.37. The topological polar surface area (TPSA) is 96.6 Å². The predicted molar refractivity (Wildman–Crippen MR) is 105 cm³/mol. The lowest BCUT2D eigenvalue weighted by atomic mass is 9.94. The second-order valence-corrected chi connectivity index (χ2v) is 7.39. The number of pyridine rings is 1. The summed E-state index contributed by atoms with van der Waals surface area (Å²) < 4.78 is 0. The molecule has 0 atom stereocenters. The van der Waals surface area contributed by atoms with Gasteiger partial charge < -0.3 is 10.6 Å². The summed E-state index contributed by atoms with van der Waals surface area (Å²) in [4.78, 5) is 43.5. The highest BCUT2D eigenvalue weighted by atomic mass is 16.2. The average Bonchev–Trinajstić information content (AvgIpc) is 2.99. The van der Waals surface area contributed by atoms with Crippen LogP contribution < -0.4 is 5.73 Å². The van der Waals surface area contributed by atoms with Crippen molar-refractivity contribution < 1.29 is 14.4 Å². The molecule has 1 aromatic carbocycles. The number of likely N-dealkylation sites (tertiary alicyclic amines) is 1. The summed E-state index contributed by atoms with van der Waals surface area (Å²) in [7, 11) is 2.07. The molecule has 0 saturated carbocycles. The minimum atomic E-state index is -0.577. The van der Waals surface area contributed by atoms with E-state index in [1.165, 1.54) is 10.5 Å². The van der Waals surface area contributed by atoms with E-state index < -0.39 is 5.91 Å². The van der Waals surface area contributed by atoms with Gasteiger partial charge in [-0.1, -0.05) is 18.2 Å². The van der Waals surface area contributed by atoms with E-state index in [-0.39, 0.29) is 36.9 Å². The minimum Gasteiger partial charge on any atom is -0.364 e. The summed E-state index contributed by atoms with van der Waals surface area (Å²) in [5, 5.41) is 0.934. The minimum absolute atomic E-state index is 0.152. The second-order valence-electron chi connectivity index (χ2n) is 7.39. The first-order chi connectivity index (χ1) is 13.4. The fourth-order valence-electron chi connectivity index (χ4n) is 3.76. The number of fused-ring (bicyclic) bond motifs is 1. The van der Waals surface area contributed by atoms with Crippen LogP contribution in [0, 0.1) is 0 Å². The van der Waals surface area contributed by atoms with Crippen molar-refractivity contribution in [1.82, 2.24) is 14.8 Å². The number of aromatic nitrogens is 1. The van der Waals surface area contributed by atoms with Gasteiger partial charge in [-0.15, -0.1) is 0 Å². The van der Waals surface area contributed by atoms with Gasteiger partial charge in [0, 0.05) is 31.3 Å². The Bertz CT molecular complexity index is 1010. The number of hydrogen-bond acceptors (Lipinski definition) is 5. The molecule has 0 spiro atoms. The number of nitrogens with zero attached hydrogens (tertiary/aromatic N) is 3. The number of carbonyl (C=O) groups is 3. The lowest BCUT2D eigenvalue weighted by Crippen LogP contribution is -2.28. The summed E-state index contributed by atoms with van der Waals surface area (Å²) in [5.74, 6) is -0.880. The highest BCUT2D eigenvalue weighted by Crippen LogP contribution is 2.30. The number of nitrogens with two attached hydrogens (primary N) is 1.